The Labute approximate surface area is 295 Å². The Hall–Kier alpha value is -5.05. The molecule has 0 spiro atoms. The highest BCUT2D eigenvalue weighted by Crippen LogP contribution is 2.24. The van der Waals surface area contributed by atoms with Crippen molar-refractivity contribution in [3.63, 3.8) is 0 Å². The number of aliphatic carboxylic acids is 1. The predicted molar refractivity (Wildman–Crippen MR) is 190 cm³/mol. The van der Waals surface area contributed by atoms with Crippen LogP contribution in [0.1, 0.15) is 51.7 Å². The molecule has 0 bridgehead atoms. The number of fused-ring (bicyclic) bond motifs is 1. The monoisotopic (exact) mass is 710 g/mol. The molecule has 0 aliphatic heterocycles. The molecule has 8 N–H and O–H groups in total. The minimum absolute atomic E-state index is 0.0128. The second kappa shape index (κ2) is 17.6. The number of nitrogens with one attached hydrogen (secondary N) is 5. The summed E-state index contributed by atoms with van der Waals surface area (Å²) < 4.78 is 5.46. The summed E-state index contributed by atoms with van der Waals surface area (Å²) in [7, 11) is 0. The van der Waals surface area contributed by atoms with Crippen molar-refractivity contribution in [1.29, 1.82) is 0 Å². The van der Waals surface area contributed by atoms with Gasteiger partial charge in [-0.15, -0.1) is 0 Å². The minimum atomic E-state index is -1.63. The van der Waals surface area contributed by atoms with Gasteiger partial charge in [-0.1, -0.05) is 48.5 Å². The number of nitrogens with two attached hydrogens (primary N) is 1. The second-order valence-electron chi connectivity index (χ2n) is 13.1. The number of benzene rings is 2. The highest BCUT2D eigenvalue weighted by atomic mass is 32.2. The molecule has 15 heteroatoms. The average molecular weight is 711 g/mol. The number of ether oxygens (including phenoxy) is 1. The highest BCUT2D eigenvalue weighted by molar-refractivity contribution is 7.98. The SMILES string of the molecule is CSCC[C@H](NC(=O)[C@@](C)(Cc1c[nH]c2ccccc12)NC(=O)OC(C)(C)C)C(=O)N[C@@H](CC(=O)O)C(=O)N[C@@H](Cc1ccccc1)C(N)=O. The zero-order chi connectivity index (χ0) is 37.1. The van der Waals surface area contributed by atoms with Crippen molar-refractivity contribution >= 4 is 58.4 Å². The molecule has 270 valence electrons. The van der Waals surface area contributed by atoms with Gasteiger partial charge in [-0.2, -0.15) is 11.8 Å². The van der Waals surface area contributed by atoms with Crippen LogP contribution in [0.3, 0.4) is 0 Å². The Balaban J connectivity index is 1.86. The molecular formula is C35H46N6O8S. The van der Waals surface area contributed by atoms with Gasteiger partial charge in [0.2, 0.25) is 23.6 Å². The molecule has 0 unspecified atom stereocenters. The van der Waals surface area contributed by atoms with E-state index in [4.69, 9.17) is 10.5 Å². The first-order valence-electron chi connectivity index (χ1n) is 16.0. The first kappa shape index (κ1) is 39.4. The Bertz CT molecular complexity index is 1670. The summed E-state index contributed by atoms with van der Waals surface area (Å²) in [5.41, 5.74) is 5.28. The van der Waals surface area contributed by atoms with Crippen molar-refractivity contribution in [1.82, 2.24) is 26.3 Å². The van der Waals surface area contributed by atoms with Gasteiger partial charge in [-0.25, -0.2) is 4.79 Å². The molecule has 0 radical (unpaired) electrons. The Morgan fingerprint density at radius 3 is 2.12 bits per heavy atom. The lowest BCUT2D eigenvalue weighted by atomic mass is 9.91. The second-order valence-corrected chi connectivity index (χ2v) is 14.1. The lowest BCUT2D eigenvalue weighted by Gasteiger charge is -2.33. The minimum Gasteiger partial charge on any atom is -0.481 e. The Morgan fingerprint density at radius 1 is 0.880 bits per heavy atom. The lowest BCUT2D eigenvalue weighted by Crippen LogP contribution is -2.63. The number of carbonyl (C=O) groups excluding carboxylic acids is 5. The summed E-state index contributed by atoms with van der Waals surface area (Å²) in [6, 6.07) is 12.2. The quantitative estimate of drug-likeness (QED) is 0.109. The zero-order valence-corrected chi connectivity index (χ0v) is 29.6. The van der Waals surface area contributed by atoms with Crippen molar-refractivity contribution < 1.29 is 38.6 Å². The number of para-hydroxylation sites is 1. The number of hydrogen-bond donors (Lipinski definition) is 7. The molecule has 4 atom stereocenters. The first-order valence-corrected chi connectivity index (χ1v) is 17.4. The molecule has 0 aliphatic carbocycles. The molecule has 3 aromatic rings. The molecule has 5 amide bonds. The van der Waals surface area contributed by atoms with Crippen LogP contribution >= 0.6 is 11.8 Å². The third kappa shape index (κ3) is 11.8. The maximum absolute atomic E-state index is 14.1. The third-order valence-electron chi connectivity index (χ3n) is 7.68. The van der Waals surface area contributed by atoms with Crippen molar-refractivity contribution in [2.75, 3.05) is 12.0 Å². The van der Waals surface area contributed by atoms with Crippen molar-refractivity contribution in [3.05, 3.63) is 71.9 Å². The molecule has 2 aromatic carbocycles. The van der Waals surface area contributed by atoms with Gasteiger partial charge in [0.25, 0.3) is 0 Å². The van der Waals surface area contributed by atoms with E-state index in [-0.39, 0.29) is 19.3 Å². The fourth-order valence-corrected chi connectivity index (χ4v) is 5.66. The van der Waals surface area contributed by atoms with E-state index in [9.17, 15) is 33.9 Å². The lowest BCUT2D eigenvalue weighted by molar-refractivity contribution is -0.141. The van der Waals surface area contributed by atoms with Crippen LogP contribution in [0.5, 0.6) is 0 Å². The van der Waals surface area contributed by atoms with Crippen LogP contribution < -0.4 is 27.0 Å². The molecule has 3 rings (SSSR count). The number of carbonyl (C=O) groups is 6. The van der Waals surface area contributed by atoms with Crippen LogP contribution in [0.4, 0.5) is 4.79 Å². The van der Waals surface area contributed by atoms with Crippen molar-refractivity contribution in [3.8, 4) is 0 Å². The summed E-state index contributed by atoms with van der Waals surface area (Å²) in [5.74, 6) is -4.31. The van der Waals surface area contributed by atoms with Crippen molar-refractivity contribution in [2.45, 2.75) is 82.6 Å². The van der Waals surface area contributed by atoms with Crippen LogP contribution in [0.25, 0.3) is 10.9 Å². The number of aromatic amines is 1. The van der Waals surface area contributed by atoms with Gasteiger partial charge in [-0.05, 0) is 63.3 Å². The summed E-state index contributed by atoms with van der Waals surface area (Å²) in [5, 5.41) is 20.7. The van der Waals surface area contributed by atoms with Crippen LogP contribution in [0.15, 0.2) is 60.8 Å². The predicted octanol–water partition coefficient (Wildman–Crippen LogP) is 2.40. The molecule has 1 aromatic heterocycles. The smallest absolute Gasteiger partial charge is 0.408 e. The number of alkyl carbamates (subject to hydrolysis) is 1. The van der Waals surface area contributed by atoms with Gasteiger partial charge in [0.1, 0.15) is 29.3 Å². The van der Waals surface area contributed by atoms with E-state index >= 15 is 0 Å². The van der Waals surface area contributed by atoms with Gasteiger partial charge in [0.15, 0.2) is 0 Å². The molecule has 14 nitrogen and oxygen atoms in total. The number of thioether (sulfide) groups is 1. The Kier molecular flexibility index (Phi) is 13.8. The molecule has 0 saturated carbocycles. The number of H-pyrrole nitrogens is 1. The maximum Gasteiger partial charge on any atom is 0.408 e. The highest BCUT2D eigenvalue weighted by Gasteiger charge is 2.40. The number of carboxylic acids is 1. The Morgan fingerprint density at radius 2 is 1.50 bits per heavy atom. The molecular weight excluding hydrogens is 664 g/mol. The van der Waals surface area contributed by atoms with E-state index in [1.807, 2.05) is 24.3 Å². The molecule has 1 heterocycles. The van der Waals surface area contributed by atoms with E-state index in [1.54, 1.807) is 63.6 Å². The van der Waals surface area contributed by atoms with Gasteiger partial charge >= 0.3 is 12.1 Å². The summed E-state index contributed by atoms with van der Waals surface area (Å²) in [4.78, 5) is 81.2. The van der Waals surface area contributed by atoms with Crippen LogP contribution in [0, 0.1) is 0 Å². The van der Waals surface area contributed by atoms with Crippen LogP contribution in [-0.4, -0.2) is 87.1 Å². The van der Waals surface area contributed by atoms with Gasteiger partial charge in [0, 0.05) is 29.9 Å². The summed E-state index contributed by atoms with van der Waals surface area (Å²) in [6.45, 7) is 6.56. The molecule has 0 aliphatic rings. The van der Waals surface area contributed by atoms with E-state index in [1.165, 1.54) is 18.7 Å². The normalized spacial score (nSPS) is 14.3. The average Bonchev–Trinajstić information content (AvgIpc) is 3.43. The molecule has 0 saturated heterocycles. The fourth-order valence-electron chi connectivity index (χ4n) is 5.19. The van der Waals surface area contributed by atoms with E-state index in [0.29, 0.717) is 11.3 Å². The largest absolute Gasteiger partial charge is 0.481 e. The maximum atomic E-state index is 14.1. The molecule has 50 heavy (non-hydrogen) atoms. The third-order valence-corrected chi connectivity index (χ3v) is 8.33. The summed E-state index contributed by atoms with van der Waals surface area (Å²) >= 11 is 1.40. The van der Waals surface area contributed by atoms with E-state index in [0.717, 1.165) is 16.5 Å². The van der Waals surface area contributed by atoms with Gasteiger partial charge in [-0.3, -0.25) is 24.0 Å². The fraction of sp³-hybridized carbons (Fsp3) is 0.429. The first-order chi connectivity index (χ1) is 23.5. The van der Waals surface area contributed by atoms with E-state index in [2.05, 4.69) is 26.3 Å². The number of amides is 5. The zero-order valence-electron chi connectivity index (χ0n) is 28.8. The summed E-state index contributed by atoms with van der Waals surface area (Å²) in [6.07, 6.45) is 2.04. The number of carboxylic acid groups (broad SMARTS) is 1. The van der Waals surface area contributed by atoms with E-state index < -0.39 is 71.4 Å². The van der Waals surface area contributed by atoms with Gasteiger partial charge < -0.3 is 41.8 Å². The topological polar surface area (TPSA) is 222 Å². The number of aromatic nitrogens is 1. The van der Waals surface area contributed by atoms with Crippen LogP contribution in [0.2, 0.25) is 0 Å². The van der Waals surface area contributed by atoms with Crippen LogP contribution in [-0.2, 0) is 41.6 Å². The standard InChI is InChI=1S/C35H46N6O8S/c1-34(2,3)49-33(48)41-35(4,19-22-20-37-24-14-10-9-13-23(22)24)32(47)40-25(15-16-50-5)30(45)39-27(18-28(42)43)31(46)38-26(29(36)44)17-21-11-7-6-8-12-21/h6-14,20,25-27,37H,15-19H2,1-5H3,(H2,36,44)(H,38,46)(H,39,45)(H,40,47)(H,41,48)(H,42,43)/t25-,26-,27-,35+/m0/s1. The number of rotatable bonds is 17. The van der Waals surface area contributed by atoms with Crippen molar-refractivity contribution in [2.24, 2.45) is 5.73 Å². The van der Waals surface area contributed by atoms with Gasteiger partial charge in [0.05, 0.1) is 6.42 Å². The number of primary amides is 1. The number of hydrogen-bond acceptors (Lipinski definition) is 8. The molecule has 0 fully saturated rings.